The summed E-state index contributed by atoms with van der Waals surface area (Å²) in [5, 5.41) is 1.41. The zero-order chi connectivity index (χ0) is 7.84. The van der Waals surface area contributed by atoms with E-state index in [1.807, 2.05) is 0 Å². The molecule has 4 heteroatoms. The fourth-order valence-electron chi connectivity index (χ4n) is 0.918. The summed E-state index contributed by atoms with van der Waals surface area (Å²) in [6.07, 6.45) is 3.37. The maximum Gasteiger partial charge on any atom is 0.153 e. The van der Waals surface area contributed by atoms with Crippen LogP contribution in [-0.2, 0) is 0 Å². The molecule has 0 fully saturated rings. The molecule has 55 valence electrons. The summed E-state index contributed by atoms with van der Waals surface area (Å²) in [7, 11) is 0. The average molecular weight is 230 g/mol. The third kappa shape index (κ3) is 1.04. The molecule has 0 saturated carbocycles. The number of halogens is 2. The van der Waals surface area contributed by atoms with Crippen molar-refractivity contribution in [2.45, 2.75) is 0 Å². The molecule has 0 aliphatic carbocycles. The Hall–Kier alpha value is -0.540. The monoisotopic (exact) mass is 229 g/mol. The molecule has 0 aromatic carbocycles. The minimum atomic E-state index is 0.476. The van der Waals surface area contributed by atoms with Crippen LogP contribution in [0.15, 0.2) is 16.9 Å². The fourth-order valence-corrected chi connectivity index (χ4v) is 1.53. The number of H-pyrrole nitrogens is 1. The van der Waals surface area contributed by atoms with Gasteiger partial charge in [0.05, 0.1) is 5.52 Å². The van der Waals surface area contributed by atoms with Crippen molar-refractivity contribution < 1.29 is 0 Å². The van der Waals surface area contributed by atoms with Crippen LogP contribution in [0.1, 0.15) is 0 Å². The Kier molecular flexibility index (Phi) is 1.62. The van der Waals surface area contributed by atoms with Gasteiger partial charge in [-0.05, 0) is 15.9 Å². The van der Waals surface area contributed by atoms with Crippen LogP contribution in [0.5, 0.6) is 0 Å². The molecule has 2 nitrogen and oxygen atoms in total. The normalized spacial score (nSPS) is 10.7. The van der Waals surface area contributed by atoms with Gasteiger partial charge in [0.25, 0.3) is 0 Å². The van der Waals surface area contributed by atoms with E-state index in [-0.39, 0.29) is 0 Å². The van der Waals surface area contributed by atoms with Gasteiger partial charge < -0.3 is 4.98 Å². The fraction of sp³-hybridized carbons (Fsp3) is 0. The summed E-state index contributed by atoms with van der Waals surface area (Å²) in [5.74, 6) is 0. The Bertz CT molecular complexity index is 360. The summed E-state index contributed by atoms with van der Waals surface area (Å²) in [6.45, 7) is 0. The van der Waals surface area contributed by atoms with Gasteiger partial charge in [0.15, 0.2) is 5.15 Å². The summed E-state index contributed by atoms with van der Waals surface area (Å²) >= 11 is 9.12. The lowest BCUT2D eigenvalue weighted by Crippen LogP contribution is -1.77. The first-order valence-corrected chi connectivity index (χ1v) is 4.15. The first-order chi connectivity index (χ1) is 5.29. The van der Waals surface area contributed by atoms with Crippen LogP contribution >= 0.6 is 27.5 Å². The molecule has 0 saturated heterocycles. The third-order valence-corrected chi connectivity index (χ3v) is 2.31. The third-order valence-electron chi connectivity index (χ3n) is 1.42. The van der Waals surface area contributed by atoms with E-state index in [1.54, 1.807) is 12.4 Å². The molecule has 0 spiro atoms. The second-order valence-electron chi connectivity index (χ2n) is 2.08. The minimum Gasteiger partial charge on any atom is -0.358 e. The number of nitrogens with zero attached hydrogens (tertiary/aromatic N) is 1. The molecule has 2 aromatic heterocycles. The summed E-state index contributed by atoms with van der Waals surface area (Å²) < 4.78 is 0.901. The molecule has 0 unspecified atom stereocenters. The van der Waals surface area contributed by atoms with E-state index in [0.717, 1.165) is 15.4 Å². The Morgan fingerprint density at radius 1 is 1.64 bits per heavy atom. The van der Waals surface area contributed by atoms with E-state index in [1.165, 1.54) is 0 Å². The standard InChI is InChI=1S/C7H3BrClN2/c8-5-3-11-7(9)6-4(5)1-2-10-6/h2-3,10H. The number of hydrogen-bond donors (Lipinski definition) is 1. The Labute approximate surface area is 76.7 Å². The molecule has 0 aliphatic rings. The van der Waals surface area contributed by atoms with Gasteiger partial charge in [0.1, 0.15) is 0 Å². The molecule has 1 radical (unpaired) electrons. The average Bonchev–Trinajstić information content (AvgIpc) is 2.45. The number of fused-ring (bicyclic) bond motifs is 1. The molecule has 0 aliphatic heterocycles. The second-order valence-corrected chi connectivity index (χ2v) is 3.29. The largest absolute Gasteiger partial charge is 0.358 e. The first-order valence-electron chi connectivity index (χ1n) is 2.98. The van der Waals surface area contributed by atoms with Crippen molar-refractivity contribution in [2.75, 3.05) is 0 Å². The topological polar surface area (TPSA) is 28.7 Å². The highest BCUT2D eigenvalue weighted by Crippen LogP contribution is 2.25. The lowest BCUT2D eigenvalue weighted by molar-refractivity contribution is 1.32. The van der Waals surface area contributed by atoms with Crippen LogP contribution in [0.3, 0.4) is 0 Å². The Morgan fingerprint density at radius 2 is 2.45 bits per heavy atom. The van der Waals surface area contributed by atoms with Gasteiger partial charge in [-0.1, -0.05) is 11.6 Å². The molecule has 11 heavy (non-hydrogen) atoms. The van der Waals surface area contributed by atoms with E-state index in [0.29, 0.717) is 5.15 Å². The maximum absolute atomic E-state index is 5.79. The summed E-state index contributed by atoms with van der Waals surface area (Å²) in [6, 6.07) is 3.00. The van der Waals surface area contributed by atoms with Crippen molar-refractivity contribution in [2.24, 2.45) is 0 Å². The van der Waals surface area contributed by atoms with Gasteiger partial charge in [0.2, 0.25) is 0 Å². The van der Waals surface area contributed by atoms with Crippen molar-refractivity contribution in [1.29, 1.82) is 0 Å². The van der Waals surface area contributed by atoms with Crippen LogP contribution in [-0.4, -0.2) is 9.97 Å². The minimum absolute atomic E-state index is 0.476. The van der Waals surface area contributed by atoms with Crippen LogP contribution in [0.25, 0.3) is 10.9 Å². The lowest BCUT2D eigenvalue weighted by Gasteiger charge is -1.93. The molecular weight excluding hydrogens is 227 g/mol. The molecule has 2 aromatic rings. The zero-order valence-electron chi connectivity index (χ0n) is 5.36. The highest BCUT2D eigenvalue weighted by Gasteiger charge is 2.03. The van der Waals surface area contributed by atoms with Gasteiger partial charge in [0, 0.05) is 28.3 Å². The smallest absolute Gasteiger partial charge is 0.153 e. The van der Waals surface area contributed by atoms with Gasteiger partial charge in [-0.3, -0.25) is 0 Å². The number of rotatable bonds is 0. The highest BCUT2D eigenvalue weighted by atomic mass is 79.9. The van der Waals surface area contributed by atoms with Crippen molar-refractivity contribution >= 4 is 38.4 Å². The molecular formula is C7H3BrClN2. The number of aromatic amines is 1. The van der Waals surface area contributed by atoms with Crippen LogP contribution in [0, 0.1) is 6.07 Å². The SMILES string of the molecule is Clc1ncc(Br)c2[c]c[nH]c12. The quantitative estimate of drug-likeness (QED) is 0.693. The van der Waals surface area contributed by atoms with Crippen LogP contribution in [0.4, 0.5) is 0 Å². The molecule has 0 bridgehead atoms. The number of pyridine rings is 1. The predicted molar refractivity (Wildman–Crippen MR) is 47.6 cm³/mol. The second kappa shape index (κ2) is 2.50. The Balaban J connectivity index is 2.96. The number of aromatic nitrogens is 2. The van der Waals surface area contributed by atoms with Crippen molar-refractivity contribution in [1.82, 2.24) is 9.97 Å². The molecule has 1 N–H and O–H groups in total. The van der Waals surface area contributed by atoms with Gasteiger partial charge >= 0.3 is 0 Å². The van der Waals surface area contributed by atoms with Gasteiger partial charge in [-0.15, -0.1) is 0 Å². The van der Waals surface area contributed by atoms with Crippen LogP contribution in [0.2, 0.25) is 5.15 Å². The van der Waals surface area contributed by atoms with E-state index in [2.05, 4.69) is 32.0 Å². The van der Waals surface area contributed by atoms with E-state index in [4.69, 9.17) is 11.6 Å². The maximum atomic E-state index is 5.79. The number of hydrogen-bond acceptors (Lipinski definition) is 1. The first kappa shape index (κ1) is 7.13. The van der Waals surface area contributed by atoms with E-state index in [9.17, 15) is 0 Å². The molecule has 0 atom stereocenters. The van der Waals surface area contributed by atoms with E-state index >= 15 is 0 Å². The van der Waals surface area contributed by atoms with Crippen molar-refractivity contribution in [3.8, 4) is 0 Å². The zero-order valence-corrected chi connectivity index (χ0v) is 7.70. The molecule has 2 heterocycles. The Morgan fingerprint density at radius 3 is 3.18 bits per heavy atom. The van der Waals surface area contributed by atoms with Crippen molar-refractivity contribution in [3.05, 3.63) is 28.1 Å². The lowest BCUT2D eigenvalue weighted by atomic mass is 10.3. The van der Waals surface area contributed by atoms with Crippen LogP contribution < -0.4 is 0 Å². The summed E-state index contributed by atoms with van der Waals surface area (Å²) in [5.41, 5.74) is 0.820. The highest BCUT2D eigenvalue weighted by molar-refractivity contribution is 9.10. The predicted octanol–water partition coefficient (Wildman–Crippen LogP) is 2.78. The van der Waals surface area contributed by atoms with Gasteiger partial charge in [-0.2, -0.15) is 0 Å². The number of nitrogens with one attached hydrogen (secondary N) is 1. The van der Waals surface area contributed by atoms with Crippen molar-refractivity contribution in [3.63, 3.8) is 0 Å². The molecule has 2 rings (SSSR count). The summed E-state index contributed by atoms with van der Waals surface area (Å²) in [4.78, 5) is 6.90. The van der Waals surface area contributed by atoms with Gasteiger partial charge in [-0.25, -0.2) is 4.98 Å². The van der Waals surface area contributed by atoms with E-state index < -0.39 is 0 Å². The molecule has 0 amide bonds.